The van der Waals surface area contributed by atoms with Crippen LogP contribution in [0.5, 0.6) is 0 Å². The topological polar surface area (TPSA) is 28.7 Å². The molecule has 3 rings (SSSR count). The minimum atomic E-state index is 0.708. The van der Waals surface area contributed by atoms with Gasteiger partial charge in [-0.25, -0.2) is 4.98 Å². The molecule has 0 amide bonds. The zero-order chi connectivity index (χ0) is 14.1. The molecule has 0 radical (unpaired) electrons. The van der Waals surface area contributed by atoms with Gasteiger partial charge in [0.25, 0.3) is 0 Å². The number of aromatic amines is 1. The van der Waals surface area contributed by atoms with E-state index in [9.17, 15) is 0 Å². The standard InChI is InChI=1S/C17H24N2S/c1-11(2)13-9-8-12(3)10-16(13)20-17-18-14-6-4-5-7-15(14)19-17/h4-7,11-13,16H,8-10H2,1-3H3,(H,18,19). The smallest absolute Gasteiger partial charge is 0.166 e. The Labute approximate surface area is 125 Å². The van der Waals surface area contributed by atoms with Crippen LogP contribution in [-0.2, 0) is 0 Å². The Morgan fingerprint density at radius 3 is 2.80 bits per heavy atom. The molecule has 1 saturated carbocycles. The van der Waals surface area contributed by atoms with E-state index in [1.165, 1.54) is 19.3 Å². The molecule has 1 aliphatic carbocycles. The minimum absolute atomic E-state index is 0.708. The molecule has 2 aromatic rings. The molecule has 0 bridgehead atoms. The van der Waals surface area contributed by atoms with E-state index in [2.05, 4.69) is 50.0 Å². The van der Waals surface area contributed by atoms with Gasteiger partial charge < -0.3 is 4.98 Å². The number of H-pyrrole nitrogens is 1. The van der Waals surface area contributed by atoms with Crippen molar-refractivity contribution in [1.82, 2.24) is 9.97 Å². The summed E-state index contributed by atoms with van der Waals surface area (Å²) in [5, 5.41) is 1.80. The van der Waals surface area contributed by atoms with E-state index in [0.29, 0.717) is 5.25 Å². The van der Waals surface area contributed by atoms with Crippen LogP contribution in [0.4, 0.5) is 0 Å². The molecule has 1 aliphatic rings. The van der Waals surface area contributed by atoms with Crippen LogP contribution in [0.25, 0.3) is 11.0 Å². The normalized spacial score (nSPS) is 27.3. The Balaban J connectivity index is 1.80. The summed E-state index contributed by atoms with van der Waals surface area (Å²) in [5.74, 6) is 2.45. The van der Waals surface area contributed by atoms with Crippen molar-refractivity contribution in [2.75, 3.05) is 0 Å². The molecule has 1 aromatic carbocycles. The average Bonchev–Trinajstić information content (AvgIpc) is 2.80. The summed E-state index contributed by atoms with van der Waals surface area (Å²) in [7, 11) is 0. The summed E-state index contributed by atoms with van der Waals surface area (Å²) in [6, 6.07) is 8.31. The SMILES string of the molecule is CC1CCC(C(C)C)C(Sc2nc3ccccc3[nH]2)C1. The molecular weight excluding hydrogens is 264 g/mol. The molecule has 1 fully saturated rings. The van der Waals surface area contributed by atoms with Gasteiger partial charge >= 0.3 is 0 Å². The highest BCUT2D eigenvalue weighted by Crippen LogP contribution is 2.42. The second-order valence-corrected chi connectivity index (χ2v) is 7.77. The second kappa shape index (κ2) is 5.80. The number of nitrogens with zero attached hydrogens (tertiary/aromatic N) is 1. The molecule has 0 saturated heterocycles. The number of rotatable bonds is 3. The first-order valence-corrected chi connectivity index (χ1v) is 8.63. The number of imidazole rings is 1. The molecule has 2 nitrogen and oxygen atoms in total. The molecule has 3 heteroatoms. The van der Waals surface area contributed by atoms with Gasteiger partial charge in [0.2, 0.25) is 0 Å². The zero-order valence-corrected chi connectivity index (χ0v) is 13.4. The lowest BCUT2D eigenvalue weighted by molar-refractivity contribution is 0.244. The van der Waals surface area contributed by atoms with Crippen LogP contribution in [0.1, 0.15) is 40.0 Å². The van der Waals surface area contributed by atoms with Gasteiger partial charge in [0.05, 0.1) is 11.0 Å². The summed E-state index contributed by atoms with van der Waals surface area (Å²) < 4.78 is 0. The van der Waals surface area contributed by atoms with Crippen molar-refractivity contribution in [3.05, 3.63) is 24.3 Å². The summed E-state index contributed by atoms with van der Waals surface area (Å²) in [6.45, 7) is 7.13. The van der Waals surface area contributed by atoms with Gasteiger partial charge in [-0.1, -0.05) is 51.1 Å². The molecule has 108 valence electrons. The van der Waals surface area contributed by atoms with Crippen LogP contribution in [-0.4, -0.2) is 15.2 Å². The molecule has 1 N–H and O–H groups in total. The number of aromatic nitrogens is 2. The maximum absolute atomic E-state index is 4.73. The Bertz CT molecular complexity index is 542. The van der Waals surface area contributed by atoms with Gasteiger partial charge in [-0.3, -0.25) is 0 Å². The molecule has 1 heterocycles. The third kappa shape index (κ3) is 2.88. The third-order valence-corrected chi connectivity index (χ3v) is 5.85. The van der Waals surface area contributed by atoms with E-state index in [1.54, 1.807) is 0 Å². The molecule has 0 aliphatic heterocycles. The van der Waals surface area contributed by atoms with Crippen LogP contribution in [0.3, 0.4) is 0 Å². The lowest BCUT2D eigenvalue weighted by atomic mass is 9.77. The van der Waals surface area contributed by atoms with Gasteiger partial charge in [0.1, 0.15) is 0 Å². The fraction of sp³-hybridized carbons (Fsp3) is 0.588. The van der Waals surface area contributed by atoms with Gasteiger partial charge in [-0.15, -0.1) is 0 Å². The van der Waals surface area contributed by atoms with Crippen molar-refractivity contribution < 1.29 is 0 Å². The predicted octanol–water partition coefficient (Wildman–Crippen LogP) is 5.12. The maximum atomic E-state index is 4.73. The van der Waals surface area contributed by atoms with E-state index in [-0.39, 0.29) is 0 Å². The number of para-hydroxylation sites is 2. The van der Waals surface area contributed by atoms with Crippen LogP contribution >= 0.6 is 11.8 Å². The van der Waals surface area contributed by atoms with Crippen LogP contribution < -0.4 is 0 Å². The first kappa shape index (κ1) is 14.0. The highest BCUT2D eigenvalue weighted by atomic mass is 32.2. The van der Waals surface area contributed by atoms with E-state index in [0.717, 1.165) is 33.9 Å². The Morgan fingerprint density at radius 1 is 1.25 bits per heavy atom. The van der Waals surface area contributed by atoms with Gasteiger partial charge in [-0.05, 0) is 42.7 Å². The zero-order valence-electron chi connectivity index (χ0n) is 12.6. The molecule has 20 heavy (non-hydrogen) atoms. The second-order valence-electron chi connectivity index (χ2n) is 6.54. The van der Waals surface area contributed by atoms with E-state index in [1.807, 2.05) is 11.8 Å². The Morgan fingerprint density at radius 2 is 2.05 bits per heavy atom. The van der Waals surface area contributed by atoms with Crippen LogP contribution in [0.15, 0.2) is 29.4 Å². The summed E-state index contributed by atoms with van der Waals surface area (Å²) in [4.78, 5) is 8.20. The van der Waals surface area contributed by atoms with Crippen molar-refractivity contribution in [1.29, 1.82) is 0 Å². The highest BCUT2D eigenvalue weighted by molar-refractivity contribution is 7.99. The van der Waals surface area contributed by atoms with Gasteiger partial charge in [-0.2, -0.15) is 0 Å². The first-order valence-electron chi connectivity index (χ1n) is 7.75. The maximum Gasteiger partial charge on any atom is 0.166 e. The summed E-state index contributed by atoms with van der Waals surface area (Å²) in [5.41, 5.74) is 2.24. The highest BCUT2D eigenvalue weighted by Gasteiger charge is 2.31. The number of fused-ring (bicyclic) bond motifs is 1. The number of thioether (sulfide) groups is 1. The van der Waals surface area contributed by atoms with Gasteiger partial charge in [0.15, 0.2) is 5.16 Å². The molecule has 1 aromatic heterocycles. The average molecular weight is 288 g/mol. The van der Waals surface area contributed by atoms with Crippen LogP contribution in [0, 0.1) is 17.8 Å². The van der Waals surface area contributed by atoms with Crippen molar-refractivity contribution >= 4 is 22.8 Å². The number of hydrogen-bond acceptors (Lipinski definition) is 2. The fourth-order valence-electron chi connectivity index (χ4n) is 3.38. The van der Waals surface area contributed by atoms with E-state index in [4.69, 9.17) is 4.98 Å². The monoisotopic (exact) mass is 288 g/mol. The largest absolute Gasteiger partial charge is 0.333 e. The number of nitrogens with one attached hydrogen (secondary N) is 1. The van der Waals surface area contributed by atoms with E-state index < -0.39 is 0 Å². The lowest BCUT2D eigenvalue weighted by Gasteiger charge is -2.36. The predicted molar refractivity (Wildman–Crippen MR) is 87.1 cm³/mol. The third-order valence-electron chi connectivity index (χ3n) is 4.59. The molecule has 3 atom stereocenters. The quantitative estimate of drug-likeness (QED) is 0.849. The van der Waals surface area contributed by atoms with Crippen LogP contribution in [0.2, 0.25) is 0 Å². The minimum Gasteiger partial charge on any atom is -0.333 e. The van der Waals surface area contributed by atoms with Gasteiger partial charge in [0, 0.05) is 5.25 Å². The summed E-state index contributed by atoms with van der Waals surface area (Å²) >= 11 is 1.96. The first-order chi connectivity index (χ1) is 9.63. The summed E-state index contributed by atoms with van der Waals surface area (Å²) in [6.07, 6.45) is 4.08. The fourth-order valence-corrected chi connectivity index (χ4v) is 5.04. The lowest BCUT2D eigenvalue weighted by Crippen LogP contribution is -2.29. The molecule has 0 spiro atoms. The van der Waals surface area contributed by atoms with Crippen molar-refractivity contribution in [2.45, 2.75) is 50.4 Å². The van der Waals surface area contributed by atoms with E-state index >= 15 is 0 Å². The molecular formula is C17H24N2S. The number of benzene rings is 1. The Kier molecular flexibility index (Phi) is 4.06. The molecule has 3 unspecified atom stereocenters. The van der Waals surface area contributed by atoms with Crippen molar-refractivity contribution in [3.63, 3.8) is 0 Å². The van der Waals surface area contributed by atoms with Crippen molar-refractivity contribution in [3.8, 4) is 0 Å². The van der Waals surface area contributed by atoms with Crippen molar-refractivity contribution in [2.24, 2.45) is 17.8 Å². The number of hydrogen-bond donors (Lipinski definition) is 1. The Hall–Kier alpha value is -0.960.